The summed E-state index contributed by atoms with van der Waals surface area (Å²) in [5.41, 5.74) is 2.02. The van der Waals surface area contributed by atoms with Crippen molar-refractivity contribution in [2.45, 2.75) is 6.42 Å². The number of carbonyl (C=O) groups excluding carboxylic acids is 1. The molecule has 0 aliphatic heterocycles. The fourth-order valence-electron chi connectivity index (χ4n) is 1.61. The fourth-order valence-corrected chi connectivity index (χ4v) is 1.61. The minimum absolute atomic E-state index is 0.152. The maximum Gasteiger partial charge on any atom is 0.255 e. The van der Waals surface area contributed by atoms with Crippen LogP contribution in [-0.2, 0) is 6.42 Å². The molecule has 94 valence electrons. The molecule has 0 atom stereocenters. The molecule has 0 radical (unpaired) electrons. The Bertz CT molecular complexity index is 610. The van der Waals surface area contributed by atoms with Crippen LogP contribution in [-0.4, -0.2) is 11.0 Å². The summed E-state index contributed by atoms with van der Waals surface area (Å²) in [5, 5.41) is 20.4. The average Bonchev–Trinajstić information content (AvgIpc) is 2.42. The largest absolute Gasteiger partial charge is 0.508 e. The third-order valence-corrected chi connectivity index (χ3v) is 2.62. The van der Waals surface area contributed by atoms with Crippen molar-refractivity contribution in [3.63, 3.8) is 0 Å². The number of nitrogens with one attached hydrogen (secondary N) is 1. The first-order valence-electron chi connectivity index (χ1n) is 5.75. The van der Waals surface area contributed by atoms with E-state index in [9.17, 15) is 4.79 Å². The van der Waals surface area contributed by atoms with E-state index >= 15 is 0 Å². The normalized spacial score (nSPS) is 9.63. The van der Waals surface area contributed by atoms with Crippen molar-refractivity contribution in [3.8, 4) is 11.8 Å². The molecule has 2 aromatic rings. The molecule has 0 aliphatic carbocycles. The Morgan fingerprint density at radius 3 is 2.32 bits per heavy atom. The van der Waals surface area contributed by atoms with Crippen molar-refractivity contribution in [2.75, 3.05) is 5.32 Å². The zero-order valence-electron chi connectivity index (χ0n) is 10.1. The van der Waals surface area contributed by atoms with Gasteiger partial charge in [0.15, 0.2) is 0 Å². The molecule has 0 aromatic heterocycles. The van der Waals surface area contributed by atoms with Gasteiger partial charge in [-0.2, -0.15) is 5.26 Å². The van der Waals surface area contributed by atoms with Gasteiger partial charge in [-0.3, -0.25) is 4.79 Å². The molecule has 4 heteroatoms. The Morgan fingerprint density at radius 1 is 1.11 bits per heavy atom. The third-order valence-electron chi connectivity index (χ3n) is 2.62. The molecule has 0 spiro atoms. The van der Waals surface area contributed by atoms with Crippen molar-refractivity contribution in [3.05, 3.63) is 59.7 Å². The number of phenolic OH excluding ortho intramolecular Hbond substituents is 1. The van der Waals surface area contributed by atoms with E-state index in [0.717, 1.165) is 5.56 Å². The molecule has 0 saturated heterocycles. The lowest BCUT2D eigenvalue weighted by atomic mass is 10.1. The second kappa shape index (κ2) is 5.69. The van der Waals surface area contributed by atoms with Crippen LogP contribution in [0.1, 0.15) is 15.9 Å². The predicted octanol–water partition coefficient (Wildman–Crippen LogP) is 2.71. The number of anilines is 1. The molecule has 0 unspecified atom stereocenters. The SMILES string of the molecule is N#CCc1ccc(C(=O)Nc2ccc(O)cc2)cc1. The maximum atomic E-state index is 11.9. The van der Waals surface area contributed by atoms with E-state index < -0.39 is 0 Å². The highest BCUT2D eigenvalue weighted by atomic mass is 16.3. The number of phenols is 1. The molecule has 19 heavy (non-hydrogen) atoms. The molecule has 0 aliphatic rings. The number of hydrogen-bond acceptors (Lipinski definition) is 3. The summed E-state index contributed by atoms with van der Waals surface area (Å²) < 4.78 is 0. The van der Waals surface area contributed by atoms with Crippen molar-refractivity contribution in [2.24, 2.45) is 0 Å². The van der Waals surface area contributed by atoms with Crippen molar-refractivity contribution >= 4 is 11.6 Å². The summed E-state index contributed by atoms with van der Waals surface area (Å²) in [4.78, 5) is 11.9. The van der Waals surface area contributed by atoms with Gasteiger partial charge in [-0.1, -0.05) is 12.1 Å². The maximum absolute atomic E-state index is 11.9. The highest BCUT2D eigenvalue weighted by molar-refractivity contribution is 6.04. The van der Waals surface area contributed by atoms with Crippen LogP contribution in [0, 0.1) is 11.3 Å². The van der Waals surface area contributed by atoms with Gasteiger partial charge in [0.25, 0.3) is 5.91 Å². The first-order valence-corrected chi connectivity index (χ1v) is 5.75. The monoisotopic (exact) mass is 252 g/mol. The Labute approximate surface area is 110 Å². The van der Waals surface area contributed by atoms with Crippen LogP contribution >= 0.6 is 0 Å². The molecular weight excluding hydrogens is 240 g/mol. The van der Waals surface area contributed by atoms with E-state index in [1.54, 1.807) is 36.4 Å². The quantitative estimate of drug-likeness (QED) is 0.825. The van der Waals surface area contributed by atoms with E-state index in [1.165, 1.54) is 12.1 Å². The molecule has 2 aromatic carbocycles. The number of aromatic hydroxyl groups is 1. The summed E-state index contributed by atoms with van der Waals surface area (Å²) in [6.07, 6.45) is 0.333. The van der Waals surface area contributed by atoms with Gasteiger partial charge in [-0.15, -0.1) is 0 Å². The van der Waals surface area contributed by atoms with Crippen LogP contribution in [0.5, 0.6) is 5.75 Å². The lowest BCUT2D eigenvalue weighted by molar-refractivity contribution is 0.102. The Balaban J connectivity index is 2.07. The number of rotatable bonds is 3. The molecule has 0 saturated carbocycles. The van der Waals surface area contributed by atoms with E-state index in [4.69, 9.17) is 10.4 Å². The highest BCUT2D eigenvalue weighted by Crippen LogP contribution is 2.15. The zero-order chi connectivity index (χ0) is 13.7. The Kier molecular flexibility index (Phi) is 3.79. The summed E-state index contributed by atoms with van der Waals surface area (Å²) in [5.74, 6) is -0.0759. The summed E-state index contributed by atoms with van der Waals surface area (Å²) in [7, 11) is 0. The van der Waals surface area contributed by atoms with Gasteiger partial charge < -0.3 is 10.4 Å². The van der Waals surface area contributed by atoms with Crippen LogP contribution in [0.15, 0.2) is 48.5 Å². The Morgan fingerprint density at radius 2 is 1.74 bits per heavy atom. The van der Waals surface area contributed by atoms with E-state index in [-0.39, 0.29) is 11.7 Å². The van der Waals surface area contributed by atoms with Gasteiger partial charge in [0.2, 0.25) is 0 Å². The van der Waals surface area contributed by atoms with Gasteiger partial charge >= 0.3 is 0 Å². The number of nitriles is 1. The summed E-state index contributed by atoms with van der Waals surface area (Å²) in [6, 6.07) is 15.2. The van der Waals surface area contributed by atoms with E-state index in [1.807, 2.05) is 0 Å². The molecule has 0 fully saturated rings. The smallest absolute Gasteiger partial charge is 0.255 e. The van der Waals surface area contributed by atoms with Gasteiger partial charge in [-0.25, -0.2) is 0 Å². The van der Waals surface area contributed by atoms with Crippen LogP contribution in [0.3, 0.4) is 0 Å². The number of nitrogens with zero attached hydrogens (tertiary/aromatic N) is 1. The van der Waals surface area contributed by atoms with Gasteiger partial charge in [-0.05, 0) is 42.0 Å². The second-order valence-corrected chi connectivity index (χ2v) is 4.03. The fraction of sp³-hybridized carbons (Fsp3) is 0.0667. The summed E-state index contributed by atoms with van der Waals surface area (Å²) >= 11 is 0. The molecule has 2 rings (SSSR count). The molecule has 0 heterocycles. The van der Waals surface area contributed by atoms with E-state index in [2.05, 4.69) is 11.4 Å². The van der Waals surface area contributed by atoms with Gasteiger partial charge in [0, 0.05) is 11.3 Å². The van der Waals surface area contributed by atoms with Crippen LogP contribution in [0.25, 0.3) is 0 Å². The lowest BCUT2D eigenvalue weighted by Crippen LogP contribution is -2.11. The van der Waals surface area contributed by atoms with Crippen LogP contribution in [0.2, 0.25) is 0 Å². The van der Waals surface area contributed by atoms with Crippen molar-refractivity contribution in [1.29, 1.82) is 5.26 Å². The minimum Gasteiger partial charge on any atom is -0.508 e. The van der Waals surface area contributed by atoms with Gasteiger partial charge in [0.1, 0.15) is 5.75 Å². The average molecular weight is 252 g/mol. The number of amides is 1. The number of benzene rings is 2. The number of carbonyl (C=O) groups is 1. The second-order valence-electron chi connectivity index (χ2n) is 4.03. The van der Waals surface area contributed by atoms with Gasteiger partial charge in [0.05, 0.1) is 12.5 Å². The molecular formula is C15H12N2O2. The highest BCUT2D eigenvalue weighted by Gasteiger charge is 2.05. The van der Waals surface area contributed by atoms with E-state index in [0.29, 0.717) is 17.7 Å². The minimum atomic E-state index is -0.228. The van der Waals surface area contributed by atoms with Crippen LogP contribution < -0.4 is 5.32 Å². The predicted molar refractivity (Wildman–Crippen MR) is 71.8 cm³/mol. The topological polar surface area (TPSA) is 73.1 Å². The standard InChI is InChI=1S/C15H12N2O2/c16-10-9-11-1-3-12(4-2-11)15(19)17-13-5-7-14(18)8-6-13/h1-8,18H,9H2,(H,17,19). The Hall–Kier alpha value is -2.80. The third kappa shape index (κ3) is 3.33. The molecule has 1 amide bonds. The first kappa shape index (κ1) is 12.7. The zero-order valence-corrected chi connectivity index (χ0v) is 10.1. The molecule has 2 N–H and O–H groups in total. The van der Waals surface area contributed by atoms with Crippen LogP contribution in [0.4, 0.5) is 5.69 Å². The number of hydrogen-bond donors (Lipinski definition) is 2. The first-order chi connectivity index (χ1) is 9.19. The molecule has 4 nitrogen and oxygen atoms in total. The lowest BCUT2D eigenvalue weighted by Gasteiger charge is -2.05. The molecule has 0 bridgehead atoms. The van der Waals surface area contributed by atoms with Crippen molar-refractivity contribution < 1.29 is 9.90 Å². The summed E-state index contributed by atoms with van der Waals surface area (Å²) in [6.45, 7) is 0. The van der Waals surface area contributed by atoms with Crippen molar-refractivity contribution in [1.82, 2.24) is 0 Å².